The zero-order valence-corrected chi connectivity index (χ0v) is 13.7. The molecule has 2 aromatic rings. The van der Waals surface area contributed by atoms with Gasteiger partial charge >= 0.3 is 0 Å². The van der Waals surface area contributed by atoms with Crippen molar-refractivity contribution < 1.29 is 13.2 Å². The zero-order valence-electron chi connectivity index (χ0n) is 12.1. The van der Waals surface area contributed by atoms with Crippen LogP contribution in [-0.4, -0.2) is 41.9 Å². The monoisotopic (exact) mass is 354 g/mol. The smallest absolute Gasteiger partial charge is 0.246 e. The standard InChI is InChI=1S/C14H15ClN4O3S/c15-10-6-13(14(16)18-7-10)23(20,21)19-5-3-12(9-19)22-11-2-1-4-17-8-11/h1-2,4,6-8,12H,3,5,9H2,(H2,16,18)/t12-/m0/s1. The molecule has 0 unspecified atom stereocenters. The van der Waals surface area contributed by atoms with E-state index in [0.29, 0.717) is 18.7 Å². The fraction of sp³-hybridized carbons (Fsp3) is 0.286. The van der Waals surface area contributed by atoms with E-state index >= 15 is 0 Å². The minimum absolute atomic E-state index is 0.0639. The summed E-state index contributed by atoms with van der Waals surface area (Å²) in [5, 5.41) is 0.222. The van der Waals surface area contributed by atoms with E-state index in [-0.39, 0.29) is 28.4 Å². The SMILES string of the molecule is Nc1ncc(Cl)cc1S(=O)(=O)N1CC[C@H](Oc2cccnc2)C1. The summed E-state index contributed by atoms with van der Waals surface area (Å²) in [6.07, 6.45) is 4.90. The maximum absolute atomic E-state index is 12.7. The summed E-state index contributed by atoms with van der Waals surface area (Å²) in [6.45, 7) is 0.586. The lowest BCUT2D eigenvalue weighted by Crippen LogP contribution is -2.31. The minimum Gasteiger partial charge on any atom is -0.487 e. The highest BCUT2D eigenvalue weighted by Gasteiger charge is 2.35. The fourth-order valence-corrected chi connectivity index (χ4v) is 4.20. The summed E-state index contributed by atoms with van der Waals surface area (Å²) in [6, 6.07) is 4.86. The van der Waals surface area contributed by atoms with Gasteiger partial charge in [-0.25, -0.2) is 13.4 Å². The third-order valence-electron chi connectivity index (χ3n) is 3.51. The molecule has 3 rings (SSSR count). The van der Waals surface area contributed by atoms with Gasteiger partial charge in [0.15, 0.2) is 0 Å². The fourth-order valence-electron chi connectivity index (χ4n) is 2.40. The Balaban J connectivity index is 1.76. The Hall–Kier alpha value is -1.90. The number of hydrogen-bond acceptors (Lipinski definition) is 6. The van der Waals surface area contributed by atoms with E-state index in [2.05, 4.69) is 9.97 Å². The molecule has 0 aliphatic carbocycles. The molecule has 0 amide bonds. The second kappa shape index (κ2) is 6.31. The average molecular weight is 355 g/mol. The van der Waals surface area contributed by atoms with Gasteiger partial charge in [-0.15, -0.1) is 0 Å². The van der Waals surface area contributed by atoms with Crippen LogP contribution < -0.4 is 10.5 Å². The van der Waals surface area contributed by atoms with Crippen LogP contribution in [0.4, 0.5) is 5.82 Å². The molecule has 0 radical (unpaired) electrons. The lowest BCUT2D eigenvalue weighted by Gasteiger charge is -2.18. The molecule has 9 heteroatoms. The molecular weight excluding hydrogens is 340 g/mol. The second-order valence-electron chi connectivity index (χ2n) is 5.12. The number of halogens is 1. The maximum Gasteiger partial charge on any atom is 0.246 e. The molecule has 0 bridgehead atoms. The van der Waals surface area contributed by atoms with Crippen LogP contribution in [0.5, 0.6) is 5.75 Å². The van der Waals surface area contributed by atoms with Crippen molar-refractivity contribution in [1.82, 2.24) is 14.3 Å². The quantitative estimate of drug-likeness (QED) is 0.894. The predicted molar refractivity (Wildman–Crippen MR) is 85.7 cm³/mol. The van der Waals surface area contributed by atoms with Crippen LogP contribution in [0.25, 0.3) is 0 Å². The van der Waals surface area contributed by atoms with Crippen LogP contribution in [0.3, 0.4) is 0 Å². The first kappa shape index (κ1) is 16.0. The first-order valence-corrected chi connectivity index (χ1v) is 8.76. The van der Waals surface area contributed by atoms with Crippen LogP contribution in [-0.2, 0) is 10.0 Å². The van der Waals surface area contributed by atoms with Gasteiger partial charge in [-0.05, 0) is 24.6 Å². The van der Waals surface area contributed by atoms with Crippen LogP contribution >= 0.6 is 11.6 Å². The molecule has 0 spiro atoms. The Bertz CT molecular complexity index is 801. The molecule has 1 saturated heterocycles. The van der Waals surface area contributed by atoms with Crippen LogP contribution in [0.2, 0.25) is 5.02 Å². The normalized spacial score (nSPS) is 18.9. The molecule has 1 aliphatic heterocycles. The van der Waals surface area contributed by atoms with Gasteiger partial charge in [0.25, 0.3) is 0 Å². The molecule has 2 N–H and O–H groups in total. The number of rotatable bonds is 4. The molecule has 1 aliphatic rings. The summed E-state index contributed by atoms with van der Waals surface area (Å²) >= 11 is 5.83. The van der Waals surface area contributed by atoms with Gasteiger partial charge in [0.1, 0.15) is 22.6 Å². The van der Waals surface area contributed by atoms with Crippen molar-refractivity contribution in [3.8, 4) is 5.75 Å². The Morgan fingerprint density at radius 1 is 1.39 bits per heavy atom. The van der Waals surface area contributed by atoms with Gasteiger partial charge < -0.3 is 10.5 Å². The van der Waals surface area contributed by atoms with E-state index in [1.54, 1.807) is 24.5 Å². The van der Waals surface area contributed by atoms with Crippen molar-refractivity contribution in [2.45, 2.75) is 17.4 Å². The third kappa shape index (κ3) is 3.39. The van der Waals surface area contributed by atoms with E-state index < -0.39 is 10.0 Å². The predicted octanol–water partition coefficient (Wildman–Crippen LogP) is 1.55. The molecule has 3 heterocycles. The summed E-state index contributed by atoms with van der Waals surface area (Å²) in [4.78, 5) is 7.69. The Labute approximate surface area is 139 Å². The summed E-state index contributed by atoms with van der Waals surface area (Å²) in [7, 11) is -3.75. The van der Waals surface area contributed by atoms with Crippen LogP contribution in [0.1, 0.15) is 6.42 Å². The molecule has 122 valence electrons. The largest absolute Gasteiger partial charge is 0.487 e. The summed E-state index contributed by atoms with van der Waals surface area (Å²) in [5.41, 5.74) is 5.69. The van der Waals surface area contributed by atoms with Crippen LogP contribution in [0, 0.1) is 0 Å². The lowest BCUT2D eigenvalue weighted by molar-refractivity contribution is 0.214. The number of nitrogens with zero attached hydrogens (tertiary/aromatic N) is 3. The van der Waals surface area contributed by atoms with Crippen LogP contribution in [0.15, 0.2) is 41.7 Å². The molecule has 1 fully saturated rings. The summed E-state index contributed by atoms with van der Waals surface area (Å²) in [5.74, 6) is 0.548. The van der Waals surface area contributed by atoms with Gasteiger partial charge in [-0.3, -0.25) is 4.98 Å². The van der Waals surface area contributed by atoms with E-state index in [1.165, 1.54) is 16.6 Å². The van der Waals surface area contributed by atoms with Crippen molar-refractivity contribution in [3.63, 3.8) is 0 Å². The minimum atomic E-state index is -3.75. The Morgan fingerprint density at radius 3 is 2.96 bits per heavy atom. The van der Waals surface area contributed by atoms with Gasteiger partial charge in [0.2, 0.25) is 10.0 Å². The number of anilines is 1. The summed E-state index contributed by atoms with van der Waals surface area (Å²) < 4.78 is 32.4. The molecular formula is C14H15ClN4O3S. The number of nitrogens with two attached hydrogens (primary N) is 1. The highest BCUT2D eigenvalue weighted by atomic mass is 35.5. The van der Waals surface area contributed by atoms with Gasteiger partial charge in [-0.2, -0.15) is 4.31 Å². The third-order valence-corrected chi connectivity index (χ3v) is 5.61. The topological polar surface area (TPSA) is 98.4 Å². The van der Waals surface area contributed by atoms with Gasteiger partial charge in [-0.1, -0.05) is 11.6 Å². The highest BCUT2D eigenvalue weighted by Crippen LogP contribution is 2.27. The van der Waals surface area contributed by atoms with E-state index in [9.17, 15) is 8.42 Å². The van der Waals surface area contributed by atoms with E-state index in [4.69, 9.17) is 22.1 Å². The van der Waals surface area contributed by atoms with Gasteiger partial charge in [0.05, 0.1) is 17.8 Å². The molecule has 7 nitrogen and oxygen atoms in total. The number of sulfonamides is 1. The first-order valence-electron chi connectivity index (χ1n) is 6.94. The maximum atomic E-state index is 12.7. The zero-order chi connectivity index (χ0) is 16.4. The van der Waals surface area contributed by atoms with Gasteiger partial charge in [0, 0.05) is 18.9 Å². The molecule has 0 aromatic carbocycles. The Morgan fingerprint density at radius 2 is 2.22 bits per heavy atom. The first-order chi connectivity index (χ1) is 11.0. The van der Waals surface area contributed by atoms with Crippen molar-refractivity contribution in [2.75, 3.05) is 18.8 Å². The number of aromatic nitrogens is 2. The van der Waals surface area contributed by atoms with E-state index in [0.717, 1.165) is 0 Å². The van der Waals surface area contributed by atoms with Crippen molar-refractivity contribution in [1.29, 1.82) is 0 Å². The molecule has 0 saturated carbocycles. The number of hydrogen-bond donors (Lipinski definition) is 1. The van der Waals surface area contributed by atoms with Crippen molar-refractivity contribution in [2.24, 2.45) is 0 Å². The highest BCUT2D eigenvalue weighted by molar-refractivity contribution is 7.89. The molecule has 23 heavy (non-hydrogen) atoms. The van der Waals surface area contributed by atoms with Crippen molar-refractivity contribution >= 4 is 27.4 Å². The van der Waals surface area contributed by atoms with E-state index in [1.807, 2.05) is 0 Å². The van der Waals surface area contributed by atoms with Crippen molar-refractivity contribution in [3.05, 3.63) is 41.8 Å². The number of pyridine rings is 2. The molecule has 1 atom stereocenters. The Kier molecular flexibility index (Phi) is 4.38. The second-order valence-corrected chi connectivity index (χ2v) is 7.46. The number of nitrogen functional groups attached to an aromatic ring is 1. The number of ether oxygens (including phenoxy) is 1. The molecule has 2 aromatic heterocycles. The average Bonchev–Trinajstić information content (AvgIpc) is 3.00. The lowest BCUT2D eigenvalue weighted by atomic mass is 10.3.